The lowest BCUT2D eigenvalue weighted by molar-refractivity contribution is 0.250. The summed E-state index contributed by atoms with van der Waals surface area (Å²) >= 11 is 1.50. The van der Waals surface area contributed by atoms with Crippen molar-refractivity contribution in [1.29, 1.82) is 0 Å². The van der Waals surface area contributed by atoms with E-state index < -0.39 is 0 Å². The van der Waals surface area contributed by atoms with Crippen LogP contribution in [0.15, 0.2) is 36.5 Å². The average Bonchev–Trinajstić information content (AvgIpc) is 3.02. The minimum absolute atomic E-state index is 0.872. The molecule has 3 aromatic rings. The van der Waals surface area contributed by atoms with Crippen molar-refractivity contribution < 1.29 is 0 Å². The van der Waals surface area contributed by atoms with Gasteiger partial charge in [-0.05, 0) is 30.7 Å². The smallest absolute Gasteiger partial charge is 0.205 e. The van der Waals surface area contributed by atoms with Gasteiger partial charge in [-0.1, -0.05) is 12.1 Å². The molecule has 1 saturated heterocycles. The van der Waals surface area contributed by atoms with Crippen molar-refractivity contribution in [3.63, 3.8) is 0 Å². The fraction of sp³-hybridized carbons (Fsp3) is 0.353. The van der Waals surface area contributed by atoms with E-state index in [1.54, 1.807) is 0 Å². The molecule has 0 amide bonds. The van der Waals surface area contributed by atoms with Gasteiger partial charge in [-0.15, -0.1) is 0 Å². The first-order valence-electron chi connectivity index (χ1n) is 7.89. The van der Waals surface area contributed by atoms with E-state index in [4.69, 9.17) is 0 Å². The van der Waals surface area contributed by atoms with E-state index in [1.807, 2.05) is 19.2 Å². The summed E-state index contributed by atoms with van der Waals surface area (Å²) in [6.45, 7) is 7.10. The molecule has 3 heterocycles. The summed E-state index contributed by atoms with van der Waals surface area (Å²) in [5, 5.41) is 2.27. The summed E-state index contributed by atoms with van der Waals surface area (Å²) in [5.74, 6) is 0.872. The lowest BCUT2D eigenvalue weighted by Crippen LogP contribution is -2.45. The summed E-state index contributed by atoms with van der Waals surface area (Å²) < 4.78 is 4.28. The third kappa shape index (κ3) is 3.18. The van der Waals surface area contributed by atoms with Crippen molar-refractivity contribution in [1.82, 2.24) is 19.2 Å². The van der Waals surface area contributed by atoms with Crippen LogP contribution in [-0.4, -0.2) is 45.4 Å². The van der Waals surface area contributed by atoms with Crippen molar-refractivity contribution in [2.75, 3.05) is 31.1 Å². The zero-order chi connectivity index (χ0) is 15.6. The molecule has 0 bridgehead atoms. The van der Waals surface area contributed by atoms with Gasteiger partial charge in [-0.25, -0.2) is 4.98 Å². The van der Waals surface area contributed by atoms with Gasteiger partial charge < -0.3 is 4.90 Å². The first-order valence-corrected chi connectivity index (χ1v) is 8.66. The minimum Gasteiger partial charge on any atom is -0.344 e. The molecular weight excluding hydrogens is 306 g/mol. The van der Waals surface area contributed by atoms with Crippen molar-refractivity contribution >= 4 is 27.6 Å². The highest BCUT2D eigenvalue weighted by atomic mass is 32.1. The molecule has 1 aliphatic rings. The number of aryl methyl sites for hydroxylation is 1. The molecule has 23 heavy (non-hydrogen) atoms. The van der Waals surface area contributed by atoms with Gasteiger partial charge in [0.15, 0.2) is 0 Å². The molecule has 1 aromatic carbocycles. The van der Waals surface area contributed by atoms with Crippen molar-refractivity contribution in [3.8, 4) is 0 Å². The number of rotatable bonds is 3. The van der Waals surface area contributed by atoms with E-state index in [0.29, 0.717) is 0 Å². The van der Waals surface area contributed by atoms with Crippen LogP contribution in [0.1, 0.15) is 11.4 Å². The number of pyridine rings is 1. The van der Waals surface area contributed by atoms with Crippen molar-refractivity contribution in [2.24, 2.45) is 0 Å². The Hall–Kier alpha value is -2.05. The van der Waals surface area contributed by atoms with Crippen LogP contribution < -0.4 is 4.90 Å². The SMILES string of the molecule is Cc1nsc(N2CCN(Cc3ccc4ncccc4c3)CC2)n1. The molecule has 0 unspecified atom stereocenters. The van der Waals surface area contributed by atoms with Gasteiger partial charge in [0.2, 0.25) is 5.13 Å². The molecule has 1 fully saturated rings. The third-order valence-electron chi connectivity index (χ3n) is 4.23. The lowest BCUT2D eigenvalue weighted by atomic mass is 10.1. The summed E-state index contributed by atoms with van der Waals surface area (Å²) in [7, 11) is 0. The Bertz CT molecular complexity index is 807. The Balaban J connectivity index is 1.40. The number of piperazine rings is 1. The molecule has 0 aliphatic carbocycles. The number of hydrogen-bond acceptors (Lipinski definition) is 6. The number of fused-ring (bicyclic) bond motifs is 1. The highest BCUT2D eigenvalue weighted by Crippen LogP contribution is 2.20. The number of anilines is 1. The van der Waals surface area contributed by atoms with Crippen LogP contribution in [0.25, 0.3) is 10.9 Å². The van der Waals surface area contributed by atoms with Gasteiger partial charge in [0.05, 0.1) is 5.52 Å². The predicted molar refractivity (Wildman–Crippen MR) is 93.9 cm³/mol. The monoisotopic (exact) mass is 325 g/mol. The maximum absolute atomic E-state index is 4.49. The number of nitrogens with zero attached hydrogens (tertiary/aromatic N) is 5. The highest BCUT2D eigenvalue weighted by Gasteiger charge is 2.19. The van der Waals surface area contributed by atoms with E-state index in [0.717, 1.165) is 49.2 Å². The normalized spacial score (nSPS) is 16.1. The lowest BCUT2D eigenvalue weighted by Gasteiger charge is -2.34. The number of aromatic nitrogens is 3. The Morgan fingerprint density at radius 2 is 2.00 bits per heavy atom. The Kier molecular flexibility index (Phi) is 3.93. The van der Waals surface area contributed by atoms with Gasteiger partial charge in [0.25, 0.3) is 0 Å². The van der Waals surface area contributed by atoms with Gasteiger partial charge in [-0.3, -0.25) is 9.88 Å². The fourth-order valence-corrected chi connectivity index (χ4v) is 3.72. The second-order valence-corrected chi connectivity index (χ2v) is 6.65. The third-order valence-corrected chi connectivity index (χ3v) is 5.10. The minimum atomic E-state index is 0.872. The maximum Gasteiger partial charge on any atom is 0.205 e. The fourth-order valence-electron chi connectivity index (χ4n) is 2.99. The van der Waals surface area contributed by atoms with E-state index in [1.165, 1.54) is 22.5 Å². The Morgan fingerprint density at radius 3 is 2.78 bits per heavy atom. The van der Waals surface area contributed by atoms with E-state index in [2.05, 4.69) is 48.4 Å². The zero-order valence-corrected chi connectivity index (χ0v) is 14.0. The van der Waals surface area contributed by atoms with Gasteiger partial charge in [0.1, 0.15) is 5.82 Å². The van der Waals surface area contributed by atoms with Gasteiger partial charge >= 0.3 is 0 Å². The molecule has 0 N–H and O–H groups in total. The molecule has 4 rings (SSSR count). The number of benzene rings is 1. The Morgan fingerprint density at radius 1 is 1.13 bits per heavy atom. The predicted octanol–water partition coefficient (Wildman–Crippen LogP) is 2.72. The topological polar surface area (TPSA) is 45.2 Å². The summed E-state index contributed by atoms with van der Waals surface area (Å²) in [5.41, 5.74) is 2.42. The molecule has 5 nitrogen and oxygen atoms in total. The molecule has 0 spiro atoms. The van der Waals surface area contributed by atoms with Crippen LogP contribution >= 0.6 is 11.5 Å². The van der Waals surface area contributed by atoms with Crippen LogP contribution in [0.5, 0.6) is 0 Å². The molecule has 0 saturated carbocycles. The van der Waals surface area contributed by atoms with Crippen molar-refractivity contribution in [2.45, 2.75) is 13.5 Å². The maximum atomic E-state index is 4.49. The van der Waals surface area contributed by atoms with Gasteiger partial charge in [-0.2, -0.15) is 4.37 Å². The second kappa shape index (κ2) is 6.22. The zero-order valence-electron chi connectivity index (χ0n) is 13.1. The average molecular weight is 325 g/mol. The highest BCUT2D eigenvalue weighted by molar-refractivity contribution is 7.09. The summed E-state index contributed by atoms with van der Waals surface area (Å²) in [4.78, 5) is 13.7. The van der Waals surface area contributed by atoms with Crippen LogP contribution in [-0.2, 0) is 6.54 Å². The van der Waals surface area contributed by atoms with Crippen molar-refractivity contribution in [3.05, 3.63) is 47.9 Å². The van der Waals surface area contributed by atoms with E-state index >= 15 is 0 Å². The largest absolute Gasteiger partial charge is 0.344 e. The summed E-state index contributed by atoms with van der Waals surface area (Å²) in [6, 6.07) is 10.7. The first-order chi connectivity index (χ1) is 11.3. The van der Waals surface area contributed by atoms with Crippen LogP contribution in [0.3, 0.4) is 0 Å². The summed E-state index contributed by atoms with van der Waals surface area (Å²) in [6.07, 6.45) is 1.84. The molecule has 2 aromatic heterocycles. The Labute approximate surface area is 139 Å². The molecule has 6 heteroatoms. The molecule has 118 valence electrons. The van der Waals surface area contributed by atoms with E-state index in [9.17, 15) is 0 Å². The molecule has 0 atom stereocenters. The molecule has 1 aliphatic heterocycles. The quantitative estimate of drug-likeness (QED) is 0.741. The van der Waals surface area contributed by atoms with Gasteiger partial charge in [0, 0.05) is 55.8 Å². The molecule has 0 radical (unpaired) electrons. The first kappa shape index (κ1) is 14.5. The second-order valence-electron chi connectivity index (χ2n) is 5.92. The molecular formula is C17H19N5S. The standard InChI is InChI=1S/C17H19N5S/c1-13-19-17(23-20-13)22-9-7-21(8-10-22)12-14-4-5-16-15(11-14)3-2-6-18-16/h2-6,11H,7-10,12H2,1H3. The van der Waals surface area contributed by atoms with Crippen LogP contribution in [0, 0.1) is 6.92 Å². The van der Waals surface area contributed by atoms with Crippen LogP contribution in [0.4, 0.5) is 5.13 Å². The number of hydrogen-bond donors (Lipinski definition) is 0. The van der Waals surface area contributed by atoms with Crippen LogP contribution in [0.2, 0.25) is 0 Å². The van der Waals surface area contributed by atoms with E-state index in [-0.39, 0.29) is 0 Å².